The first-order chi connectivity index (χ1) is 9.18. The van der Waals surface area contributed by atoms with Crippen LogP contribution in [0.2, 0.25) is 0 Å². The number of carbonyl (C=O) groups is 1. The van der Waals surface area contributed by atoms with Crippen LogP contribution in [0.1, 0.15) is 31.7 Å². The normalized spacial score (nSPS) is 17.1. The van der Waals surface area contributed by atoms with E-state index < -0.39 is 6.10 Å². The van der Waals surface area contributed by atoms with E-state index in [0.29, 0.717) is 6.54 Å². The van der Waals surface area contributed by atoms with E-state index in [2.05, 4.69) is 16.3 Å². The number of benzene rings is 1. The Morgan fingerprint density at radius 2 is 2.00 bits per heavy atom. The zero-order valence-electron chi connectivity index (χ0n) is 11.4. The molecule has 1 amide bonds. The Morgan fingerprint density at radius 3 is 2.68 bits per heavy atom. The van der Waals surface area contributed by atoms with Crippen LogP contribution in [-0.2, 0) is 11.3 Å². The average molecular weight is 262 g/mol. The van der Waals surface area contributed by atoms with Crippen molar-refractivity contribution in [2.24, 2.45) is 0 Å². The van der Waals surface area contributed by atoms with Crippen LogP contribution in [0, 0.1) is 0 Å². The van der Waals surface area contributed by atoms with Gasteiger partial charge in [0.05, 0.1) is 0 Å². The molecule has 1 saturated heterocycles. The van der Waals surface area contributed by atoms with Gasteiger partial charge in [-0.2, -0.15) is 0 Å². The monoisotopic (exact) mass is 262 g/mol. The van der Waals surface area contributed by atoms with Crippen molar-refractivity contribution >= 4 is 11.6 Å². The molecule has 4 nitrogen and oxygen atoms in total. The van der Waals surface area contributed by atoms with Crippen molar-refractivity contribution in [2.75, 3.05) is 18.0 Å². The number of anilines is 1. The quantitative estimate of drug-likeness (QED) is 0.868. The molecule has 0 saturated carbocycles. The number of rotatable bonds is 4. The summed E-state index contributed by atoms with van der Waals surface area (Å²) in [5, 5.41) is 12.0. The van der Waals surface area contributed by atoms with Crippen LogP contribution in [0.3, 0.4) is 0 Å². The highest BCUT2D eigenvalue weighted by atomic mass is 16.3. The number of hydrogen-bond acceptors (Lipinski definition) is 3. The van der Waals surface area contributed by atoms with Crippen molar-refractivity contribution in [1.82, 2.24) is 5.32 Å². The van der Waals surface area contributed by atoms with Gasteiger partial charge in [-0.25, -0.2) is 0 Å². The molecule has 0 unspecified atom stereocenters. The molecular formula is C15H22N2O2. The molecule has 1 aromatic carbocycles. The maximum atomic E-state index is 11.4. The van der Waals surface area contributed by atoms with Crippen LogP contribution in [0.15, 0.2) is 24.3 Å². The molecule has 2 N–H and O–H groups in total. The van der Waals surface area contributed by atoms with Crippen molar-refractivity contribution in [3.8, 4) is 0 Å². The van der Waals surface area contributed by atoms with Crippen LogP contribution in [0.5, 0.6) is 0 Å². The maximum Gasteiger partial charge on any atom is 0.248 e. The second-order valence-corrected chi connectivity index (χ2v) is 5.07. The van der Waals surface area contributed by atoms with E-state index in [0.717, 1.165) is 18.7 Å². The zero-order chi connectivity index (χ0) is 13.7. The third-order valence-electron chi connectivity index (χ3n) is 3.52. The molecule has 1 aliphatic heterocycles. The zero-order valence-corrected chi connectivity index (χ0v) is 11.4. The van der Waals surface area contributed by atoms with E-state index in [1.54, 1.807) is 0 Å². The highest BCUT2D eigenvalue weighted by molar-refractivity contribution is 5.80. The molecule has 0 radical (unpaired) electrons. The summed E-state index contributed by atoms with van der Waals surface area (Å²) in [7, 11) is 0. The van der Waals surface area contributed by atoms with Crippen LogP contribution in [0.4, 0.5) is 5.69 Å². The standard InChI is InChI=1S/C15H22N2O2/c1-12(18)15(19)16-11-13-7-3-4-8-14(13)17-9-5-2-6-10-17/h3-4,7-8,12,18H,2,5-6,9-11H2,1H3,(H,16,19)/t12-/m0/s1. The van der Waals surface area contributed by atoms with Gasteiger partial charge in [0, 0.05) is 25.3 Å². The van der Waals surface area contributed by atoms with Gasteiger partial charge in [-0.05, 0) is 37.8 Å². The molecule has 4 heteroatoms. The first kappa shape index (κ1) is 13.9. The molecule has 19 heavy (non-hydrogen) atoms. The van der Waals surface area contributed by atoms with Gasteiger partial charge in [-0.15, -0.1) is 0 Å². The molecule has 0 bridgehead atoms. The van der Waals surface area contributed by atoms with Crippen LogP contribution in [0.25, 0.3) is 0 Å². The van der Waals surface area contributed by atoms with Gasteiger partial charge in [0.25, 0.3) is 0 Å². The molecule has 0 spiro atoms. The van der Waals surface area contributed by atoms with E-state index in [4.69, 9.17) is 0 Å². The van der Waals surface area contributed by atoms with Crippen LogP contribution >= 0.6 is 0 Å². The summed E-state index contributed by atoms with van der Waals surface area (Å²) in [4.78, 5) is 13.8. The molecule has 1 fully saturated rings. The van der Waals surface area contributed by atoms with Crippen molar-refractivity contribution in [3.63, 3.8) is 0 Å². The van der Waals surface area contributed by atoms with Crippen molar-refractivity contribution in [3.05, 3.63) is 29.8 Å². The number of aliphatic hydroxyl groups is 1. The molecule has 1 aromatic rings. The van der Waals surface area contributed by atoms with Gasteiger partial charge in [0.1, 0.15) is 6.10 Å². The predicted octanol–water partition coefficient (Wildman–Crippen LogP) is 1.67. The molecule has 104 valence electrons. The van der Waals surface area contributed by atoms with Crippen molar-refractivity contribution in [1.29, 1.82) is 0 Å². The van der Waals surface area contributed by atoms with Gasteiger partial charge >= 0.3 is 0 Å². The fourth-order valence-corrected chi connectivity index (χ4v) is 2.43. The highest BCUT2D eigenvalue weighted by Gasteiger charge is 2.15. The van der Waals surface area contributed by atoms with Crippen molar-refractivity contribution < 1.29 is 9.90 Å². The van der Waals surface area contributed by atoms with Crippen LogP contribution < -0.4 is 10.2 Å². The minimum Gasteiger partial charge on any atom is -0.384 e. The van der Waals surface area contributed by atoms with E-state index in [9.17, 15) is 9.90 Å². The molecule has 1 aliphatic rings. The minimum atomic E-state index is -0.956. The van der Waals surface area contributed by atoms with Crippen molar-refractivity contribution in [2.45, 2.75) is 38.8 Å². The molecule has 1 atom stereocenters. The third kappa shape index (κ3) is 3.70. The number of nitrogens with one attached hydrogen (secondary N) is 1. The number of para-hydroxylation sites is 1. The second kappa shape index (κ2) is 6.57. The average Bonchev–Trinajstić information content (AvgIpc) is 2.46. The summed E-state index contributed by atoms with van der Waals surface area (Å²) < 4.78 is 0. The summed E-state index contributed by atoms with van der Waals surface area (Å²) in [6.07, 6.45) is 2.81. The number of hydrogen-bond donors (Lipinski definition) is 2. The molecule has 1 heterocycles. The second-order valence-electron chi connectivity index (χ2n) is 5.07. The Hall–Kier alpha value is -1.55. The van der Waals surface area contributed by atoms with E-state index in [1.807, 2.05) is 18.2 Å². The number of amides is 1. The number of nitrogens with zero attached hydrogens (tertiary/aromatic N) is 1. The number of aliphatic hydroxyl groups excluding tert-OH is 1. The Morgan fingerprint density at radius 1 is 1.32 bits per heavy atom. The predicted molar refractivity (Wildman–Crippen MR) is 76.0 cm³/mol. The molecule has 0 aliphatic carbocycles. The van der Waals surface area contributed by atoms with Gasteiger partial charge in [0.15, 0.2) is 0 Å². The SMILES string of the molecule is C[C@H](O)C(=O)NCc1ccccc1N1CCCCC1. The van der Waals surface area contributed by atoms with Gasteiger partial charge < -0.3 is 15.3 Å². The first-order valence-corrected chi connectivity index (χ1v) is 6.97. The first-order valence-electron chi connectivity index (χ1n) is 6.97. The topological polar surface area (TPSA) is 52.6 Å². The smallest absolute Gasteiger partial charge is 0.248 e. The van der Waals surface area contributed by atoms with Gasteiger partial charge in [-0.3, -0.25) is 4.79 Å². The lowest BCUT2D eigenvalue weighted by molar-refractivity contribution is -0.128. The molecule has 0 aromatic heterocycles. The number of carbonyl (C=O) groups excluding carboxylic acids is 1. The Balaban J connectivity index is 2.05. The summed E-state index contributed by atoms with van der Waals surface area (Å²) in [5.74, 6) is -0.326. The van der Waals surface area contributed by atoms with Gasteiger partial charge in [0.2, 0.25) is 5.91 Å². The Kier molecular flexibility index (Phi) is 4.80. The lowest BCUT2D eigenvalue weighted by Crippen LogP contribution is -2.34. The van der Waals surface area contributed by atoms with E-state index >= 15 is 0 Å². The highest BCUT2D eigenvalue weighted by Crippen LogP contribution is 2.23. The largest absolute Gasteiger partial charge is 0.384 e. The lowest BCUT2D eigenvalue weighted by Gasteiger charge is -2.30. The van der Waals surface area contributed by atoms with Crippen LogP contribution in [-0.4, -0.2) is 30.2 Å². The summed E-state index contributed by atoms with van der Waals surface area (Å²) in [6, 6.07) is 8.16. The summed E-state index contributed by atoms with van der Waals surface area (Å²) >= 11 is 0. The molecule has 2 rings (SSSR count). The molecular weight excluding hydrogens is 240 g/mol. The fourth-order valence-electron chi connectivity index (χ4n) is 2.43. The Labute approximate surface area is 114 Å². The fraction of sp³-hybridized carbons (Fsp3) is 0.533. The minimum absolute atomic E-state index is 0.326. The summed E-state index contributed by atoms with van der Waals surface area (Å²) in [5.41, 5.74) is 2.31. The lowest BCUT2D eigenvalue weighted by atomic mass is 10.1. The van der Waals surface area contributed by atoms with Gasteiger partial charge in [-0.1, -0.05) is 18.2 Å². The summed E-state index contributed by atoms with van der Waals surface area (Å²) in [6.45, 7) is 4.12. The maximum absolute atomic E-state index is 11.4. The number of piperidine rings is 1. The third-order valence-corrected chi connectivity index (χ3v) is 3.52. The Bertz CT molecular complexity index is 426. The van der Waals surface area contributed by atoms with E-state index in [1.165, 1.54) is 31.9 Å². The van der Waals surface area contributed by atoms with E-state index in [-0.39, 0.29) is 5.91 Å².